The van der Waals surface area contributed by atoms with Crippen molar-refractivity contribution >= 4 is 17.3 Å². The predicted octanol–water partition coefficient (Wildman–Crippen LogP) is 1.90. The largest absolute Gasteiger partial charge is 0.382 e. The first kappa shape index (κ1) is 10.7. The minimum atomic E-state index is -0.386. The molecule has 0 bridgehead atoms. The fourth-order valence-electron chi connectivity index (χ4n) is 1.68. The molecule has 1 aromatic rings. The first-order valence-electron chi connectivity index (χ1n) is 5.21. The number of aliphatic hydroxyl groups is 1. The lowest BCUT2D eigenvalue weighted by molar-refractivity contribution is -0.557. The van der Waals surface area contributed by atoms with Gasteiger partial charge in [0.05, 0.1) is 5.75 Å². The number of benzene rings is 1. The van der Waals surface area contributed by atoms with Gasteiger partial charge in [0, 0.05) is 0 Å². The van der Waals surface area contributed by atoms with E-state index in [2.05, 4.69) is 17.0 Å². The molecule has 0 spiro atoms. The molecule has 0 saturated heterocycles. The van der Waals surface area contributed by atoms with Gasteiger partial charge in [-0.1, -0.05) is 42.1 Å². The van der Waals surface area contributed by atoms with Gasteiger partial charge in [0.1, 0.15) is 6.10 Å². The molecule has 15 heavy (non-hydrogen) atoms. The molecule has 2 nitrogen and oxygen atoms in total. The second kappa shape index (κ2) is 4.81. The number of rotatable bonds is 3. The van der Waals surface area contributed by atoms with Crippen molar-refractivity contribution in [2.45, 2.75) is 19.1 Å². The van der Waals surface area contributed by atoms with E-state index >= 15 is 0 Å². The average Bonchev–Trinajstić information content (AvgIpc) is 2.66. The Kier molecular flexibility index (Phi) is 3.44. The predicted molar refractivity (Wildman–Crippen MR) is 64.5 cm³/mol. The van der Waals surface area contributed by atoms with Crippen LogP contribution in [0.5, 0.6) is 0 Å². The molecule has 1 N–H and O–H groups in total. The van der Waals surface area contributed by atoms with E-state index in [4.69, 9.17) is 0 Å². The zero-order chi connectivity index (χ0) is 10.7. The van der Waals surface area contributed by atoms with E-state index in [1.807, 2.05) is 42.1 Å². The highest BCUT2D eigenvalue weighted by Gasteiger charge is 2.24. The summed E-state index contributed by atoms with van der Waals surface area (Å²) in [5, 5.41) is 10.0. The Hall–Kier alpha value is -0.800. The number of thioether (sulfide) groups is 1. The fraction of sp³-hybridized carbons (Fsp3) is 0.417. The summed E-state index contributed by atoms with van der Waals surface area (Å²) >= 11 is 1.82. The van der Waals surface area contributed by atoms with Crippen molar-refractivity contribution in [1.29, 1.82) is 0 Å². The lowest BCUT2D eigenvalue weighted by Crippen LogP contribution is -2.25. The molecule has 0 amide bonds. The maximum absolute atomic E-state index is 10.0. The van der Waals surface area contributed by atoms with Gasteiger partial charge in [0.2, 0.25) is 0 Å². The third-order valence-electron chi connectivity index (χ3n) is 2.68. The van der Waals surface area contributed by atoms with E-state index in [0.717, 1.165) is 11.3 Å². The molecule has 2 rings (SSSR count). The minimum absolute atomic E-state index is 0.386. The summed E-state index contributed by atoms with van der Waals surface area (Å²) in [6.45, 7) is 2.88. The van der Waals surface area contributed by atoms with Crippen molar-refractivity contribution in [1.82, 2.24) is 0 Å². The van der Waals surface area contributed by atoms with Crippen molar-refractivity contribution in [3.05, 3.63) is 35.9 Å². The van der Waals surface area contributed by atoms with Crippen molar-refractivity contribution in [2.75, 3.05) is 12.3 Å². The van der Waals surface area contributed by atoms with Gasteiger partial charge in [0.15, 0.2) is 18.1 Å². The van der Waals surface area contributed by atoms with Gasteiger partial charge in [-0.3, -0.25) is 0 Å². The van der Waals surface area contributed by atoms with Crippen LogP contribution in [-0.2, 0) is 0 Å². The summed E-state index contributed by atoms with van der Waals surface area (Å²) in [5.41, 5.74) is 3.12. The Labute approximate surface area is 94.6 Å². The summed E-state index contributed by atoms with van der Waals surface area (Å²) in [7, 11) is 0. The second-order valence-corrected chi connectivity index (χ2v) is 4.79. The summed E-state index contributed by atoms with van der Waals surface area (Å²) in [6.07, 6.45) is -0.386. The molecule has 0 radical (unpaired) electrons. The monoisotopic (exact) mass is 222 g/mol. The SMILES string of the molecule is C[C@@H]1CSC=[N+]1C[C@H](O)c1ccccc1. The van der Waals surface area contributed by atoms with Crippen LogP contribution in [0.1, 0.15) is 18.6 Å². The van der Waals surface area contributed by atoms with Crippen LogP contribution in [0.3, 0.4) is 0 Å². The second-order valence-electron chi connectivity index (χ2n) is 3.91. The number of aliphatic hydroxyl groups excluding tert-OH is 1. The van der Waals surface area contributed by atoms with Gasteiger partial charge in [-0.2, -0.15) is 0 Å². The van der Waals surface area contributed by atoms with E-state index in [1.165, 1.54) is 0 Å². The summed E-state index contributed by atoms with van der Waals surface area (Å²) in [4.78, 5) is 0. The van der Waals surface area contributed by atoms with E-state index in [-0.39, 0.29) is 6.10 Å². The van der Waals surface area contributed by atoms with Gasteiger partial charge in [-0.15, -0.1) is 0 Å². The van der Waals surface area contributed by atoms with Crippen LogP contribution in [-0.4, -0.2) is 33.6 Å². The normalized spacial score (nSPS) is 22.5. The fourth-order valence-corrected chi connectivity index (χ4v) is 2.72. The van der Waals surface area contributed by atoms with E-state index in [9.17, 15) is 5.11 Å². The number of nitrogens with zero attached hydrogens (tertiary/aromatic N) is 1. The van der Waals surface area contributed by atoms with Crippen molar-refractivity contribution in [2.24, 2.45) is 0 Å². The smallest absolute Gasteiger partial charge is 0.198 e. The summed E-state index contributed by atoms with van der Waals surface area (Å²) in [5.74, 6) is 1.13. The Morgan fingerprint density at radius 1 is 1.47 bits per heavy atom. The van der Waals surface area contributed by atoms with E-state index < -0.39 is 0 Å². The Morgan fingerprint density at radius 3 is 2.80 bits per heavy atom. The number of β-amino-alcohol motifs (C(OH)–C–C–N with tert-alkyl or cyclic N) is 1. The summed E-state index contributed by atoms with van der Waals surface area (Å²) < 4.78 is 2.21. The van der Waals surface area contributed by atoms with Crippen LogP contribution < -0.4 is 0 Å². The third-order valence-corrected chi connectivity index (χ3v) is 3.78. The van der Waals surface area contributed by atoms with Crippen LogP contribution in [0.15, 0.2) is 30.3 Å². The minimum Gasteiger partial charge on any atom is -0.382 e. The summed E-state index contributed by atoms with van der Waals surface area (Å²) in [6, 6.07) is 10.4. The molecule has 1 aliphatic heterocycles. The van der Waals surface area contributed by atoms with Gasteiger partial charge in [-0.25, -0.2) is 4.58 Å². The van der Waals surface area contributed by atoms with Crippen molar-refractivity contribution < 1.29 is 9.68 Å². The lowest BCUT2D eigenvalue weighted by atomic mass is 10.1. The standard InChI is InChI=1S/C12H16NOS/c1-10-8-15-9-13(10)7-12(14)11-5-3-2-4-6-11/h2-6,9-10,12,14H,7-8H2,1H3/q+1/t10-,12+/m1/s1. The van der Waals surface area contributed by atoms with Crippen LogP contribution in [0.2, 0.25) is 0 Å². The average molecular weight is 222 g/mol. The Morgan fingerprint density at radius 2 is 2.20 bits per heavy atom. The molecule has 0 aromatic heterocycles. The number of hydrogen-bond acceptors (Lipinski definition) is 2. The van der Waals surface area contributed by atoms with Gasteiger partial charge in [0.25, 0.3) is 0 Å². The quantitative estimate of drug-likeness (QED) is 0.789. The molecule has 3 heteroatoms. The highest BCUT2D eigenvalue weighted by atomic mass is 32.2. The third kappa shape index (κ3) is 2.61. The molecule has 0 unspecified atom stereocenters. The molecule has 0 saturated carbocycles. The zero-order valence-electron chi connectivity index (χ0n) is 8.84. The van der Waals surface area contributed by atoms with Crippen LogP contribution in [0, 0.1) is 0 Å². The van der Waals surface area contributed by atoms with E-state index in [0.29, 0.717) is 12.6 Å². The molecule has 2 atom stereocenters. The van der Waals surface area contributed by atoms with Crippen LogP contribution in [0.25, 0.3) is 0 Å². The van der Waals surface area contributed by atoms with Gasteiger partial charge >= 0.3 is 0 Å². The zero-order valence-corrected chi connectivity index (χ0v) is 9.65. The molecular formula is C12H16NOS+. The van der Waals surface area contributed by atoms with Crippen molar-refractivity contribution in [3.63, 3.8) is 0 Å². The lowest BCUT2D eigenvalue weighted by Gasteiger charge is -2.10. The molecule has 80 valence electrons. The maximum atomic E-state index is 10.0. The first-order chi connectivity index (χ1) is 7.27. The van der Waals surface area contributed by atoms with Gasteiger partial charge in [-0.05, 0) is 12.5 Å². The topological polar surface area (TPSA) is 23.2 Å². The molecule has 0 aliphatic carbocycles. The van der Waals surface area contributed by atoms with Crippen LogP contribution in [0.4, 0.5) is 0 Å². The highest BCUT2D eigenvalue weighted by Crippen LogP contribution is 2.17. The Balaban J connectivity index is 2.01. The number of hydrogen-bond donors (Lipinski definition) is 1. The van der Waals surface area contributed by atoms with Gasteiger partial charge < -0.3 is 5.11 Å². The molecule has 1 aliphatic rings. The van der Waals surface area contributed by atoms with Crippen molar-refractivity contribution in [3.8, 4) is 0 Å². The molecule has 0 fully saturated rings. The molecular weight excluding hydrogens is 206 g/mol. The highest BCUT2D eigenvalue weighted by molar-refractivity contribution is 8.12. The van der Waals surface area contributed by atoms with Crippen LogP contribution >= 0.6 is 11.8 Å². The molecule has 1 heterocycles. The maximum Gasteiger partial charge on any atom is 0.198 e. The molecule has 1 aromatic carbocycles. The first-order valence-corrected chi connectivity index (χ1v) is 6.26. The Bertz CT molecular complexity index is 350. The van der Waals surface area contributed by atoms with E-state index in [1.54, 1.807) is 0 Å².